The SMILES string of the molecule is CCCSc1ncccc1C(=O)O.CCCSc1ncccc1CO. The molecule has 0 amide bonds. The van der Waals surface area contributed by atoms with Gasteiger partial charge in [0.2, 0.25) is 0 Å². The summed E-state index contributed by atoms with van der Waals surface area (Å²) in [6.45, 7) is 4.27. The zero-order valence-electron chi connectivity index (χ0n) is 14.5. The Morgan fingerprint density at radius 3 is 2.12 bits per heavy atom. The Morgan fingerprint density at radius 2 is 1.56 bits per heavy atom. The van der Waals surface area contributed by atoms with Crippen LogP contribution in [0.3, 0.4) is 0 Å². The number of carboxylic acid groups (broad SMARTS) is 1. The molecule has 0 saturated heterocycles. The molecule has 2 aromatic heterocycles. The minimum Gasteiger partial charge on any atom is -0.478 e. The Labute approximate surface area is 157 Å². The predicted molar refractivity (Wildman–Crippen MR) is 103 cm³/mol. The van der Waals surface area contributed by atoms with Crippen molar-refractivity contribution < 1.29 is 15.0 Å². The molecule has 2 heterocycles. The van der Waals surface area contributed by atoms with Gasteiger partial charge in [-0.2, -0.15) is 0 Å². The topological polar surface area (TPSA) is 83.3 Å². The summed E-state index contributed by atoms with van der Waals surface area (Å²) in [5, 5.41) is 19.3. The lowest BCUT2D eigenvalue weighted by atomic mass is 10.3. The molecule has 5 nitrogen and oxygen atoms in total. The van der Waals surface area contributed by atoms with E-state index < -0.39 is 5.97 Å². The molecule has 0 aromatic carbocycles. The van der Waals surface area contributed by atoms with E-state index in [1.54, 1.807) is 36.3 Å². The largest absolute Gasteiger partial charge is 0.478 e. The fourth-order valence-electron chi connectivity index (χ4n) is 1.74. The van der Waals surface area contributed by atoms with Crippen LogP contribution in [0.4, 0.5) is 0 Å². The van der Waals surface area contributed by atoms with Crippen LogP contribution in [0.25, 0.3) is 0 Å². The lowest BCUT2D eigenvalue weighted by Crippen LogP contribution is -2.00. The standard InChI is InChI=1S/C9H11NO2S.C9H13NOS/c1-2-6-13-8-7(9(11)12)4-3-5-10-8;1-2-6-12-9-8(7-11)4-3-5-10-9/h3-5H,2,6H2,1H3,(H,11,12);3-5,11H,2,6-7H2,1H3. The number of hydrogen-bond donors (Lipinski definition) is 2. The number of aliphatic hydroxyl groups is 1. The van der Waals surface area contributed by atoms with Gasteiger partial charge in [-0.3, -0.25) is 0 Å². The molecule has 0 fully saturated rings. The second-order valence-corrected chi connectivity index (χ2v) is 7.15. The number of hydrogen-bond acceptors (Lipinski definition) is 6. The molecular formula is C18H24N2O3S2. The number of rotatable bonds is 8. The van der Waals surface area contributed by atoms with Crippen LogP contribution in [-0.2, 0) is 6.61 Å². The monoisotopic (exact) mass is 380 g/mol. The molecule has 0 bridgehead atoms. The number of aromatic carboxylic acids is 1. The van der Waals surface area contributed by atoms with Gasteiger partial charge in [-0.15, -0.1) is 23.5 Å². The molecule has 0 aliphatic rings. The van der Waals surface area contributed by atoms with Crippen molar-refractivity contribution in [2.45, 2.75) is 43.3 Å². The summed E-state index contributed by atoms with van der Waals surface area (Å²) in [5.74, 6) is 1.05. The van der Waals surface area contributed by atoms with Crippen molar-refractivity contribution >= 4 is 29.5 Å². The quantitative estimate of drug-likeness (QED) is 0.658. The van der Waals surface area contributed by atoms with Crippen LogP contribution >= 0.6 is 23.5 Å². The highest BCUT2D eigenvalue weighted by molar-refractivity contribution is 7.99. The summed E-state index contributed by atoms with van der Waals surface area (Å²) in [7, 11) is 0. The highest BCUT2D eigenvalue weighted by Gasteiger charge is 2.09. The first-order chi connectivity index (χ1) is 12.1. The van der Waals surface area contributed by atoms with Gasteiger partial charge in [-0.1, -0.05) is 19.9 Å². The van der Waals surface area contributed by atoms with Crippen LogP contribution in [0.15, 0.2) is 46.7 Å². The van der Waals surface area contributed by atoms with E-state index in [-0.39, 0.29) is 6.61 Å². The first-order valence-corrected chi connectivity index (χ1v) is 10.1. The molecule has 136 valence electrons. The number of carboxylic acids is 1. The van der Waals surface area contributed by atoms with Gasteiger partial charge in [-0.25, -0.2) is 14.8 Å². The van der Waals surface area contributed by atoms with E-state index in [9.17, 15) is 4.79 Å². The lowest BCUT2D eigenvalue weighted by molar-refractivity contribution is 0.0692. The summed E-state index contributed by atoms with van der Waals surface area (Å²) < 4.78 is 0. The van der Waals surface area contributed by atoms with Crippen molar-refractivity contribution in [1.82, 2.24) is 9.97 Å². The number of pyridine rings is 2. The summed E-state index contributed by atoms with van der Waals surface area (Å²) in [4.78, 5) is 18.9. The summed E-state index contributed by atoms with van der Waals surface area (Å²) >= 11 is 3.18. The van der Waals surface area contributed by atoms with Crippen molar-refractivity contribution in [1.29, 1.82) is 0 Å². The Bertz CT molecular complexity index is 654. The van der Waals surface area contributed by atoms with Crippen LogP contribution in [0.2, 0.25) is 0 Å². The molecule has 0 radical (unpaired) electrons. The van der Waals surface area contributed by atoms with Crippen molar-refractivity contribution in [3.05, 3.63) is 47.8 Å². The normalized spacial score (nSPS) is 10.0. The fourth-order valence-corrected chi connectivity index (χ4v) is 3.44. The zero-order valence-corrected chi connectivity index (χ0v) is 16.1. The van der Waals surface area contributed by atoms with Crippen molar-refractivity contribution in [2.75, 3.05) is 11.5 Å². The molecule has 0 atom stereocenters. The lowest BCUT2D eigenvalue weighted by Gasteiger charge is -2.03. The molecule has 0 saturated carbocycles. The molecular weight excluding hydrogens is 356 g/mol. The molecule has 0 aliphatic carbocycles. The Balaban J connectivity index is 0.000000251. The summed E-state index contributed by atoms with van der Waals surface area (Å²) in [5.41, 5.74) is 1.22. The van der Waals surface area contributed by atoms with E-state index in [0.717, 1.165) is 34.9 Å². The third-order valence-electron chi connectivity index (χ3n) is 2.91. The van der Waals surface area contributed by atoms with Gasteiger partial charge in [-0.05, 0) is 42.5 Å². The maximum Gasteiger partial charge on any atom is 0.338 e. The minimum absolute atomic E-state index is 0.0832. The first-order valence-electron chi connectivity index (χ1n) is 8.12. The van der Waals surface area contributed by atoms with Gasteiger partial charge in [0.1, 0.15) is 10.1 Å². The molecule has 0 spiro atoms. The van der Waals surface area contributed by atoms with Crippen molar-refractivity contribution in [2.24, 2.45) is 0 Å². The van der Waals surface area contributed by atoms with E-state index >= 15 is 0 Å². The van der Waals surface area contributed by atoms with E-state index in [0.29, 0.717) is 10.6 Å². The van der Waals surface area contributed by atoms with E-state index in [1.165, 1.54) is 11.8 Å². The second-order valence-electron chi connectivity index (χ2n) is 4.98. The van der Waals surface area contributed by atoms with Gasteiger partial charge in [0.15, 0.2) is 0 Å². The maximum atomic E-state index is 10.7. The molecule has 7 heteroatoms. The smallest absolute Gasteiger partial charge is 0.338 e. The zero-order chi connectivity index (χ0) is 18.5. The second kappa shape index (κ2) is 12.7. The van der Waals surface area contributed by atoms with Gasteiger partial charge >= 0.3 is 5.97 Å². The Hall–Kier alpha value is -1.57. The number of carbonyl (C=O) groups is 1. The molecule has 2 aromatic rings. The van der Waals surface area contributed by atoms with Crippen LogP contribution in [0.5, 0.6) is 0 Å². The van der Waals surface area contributed by atoms with Gasteiger partial charge < -0.3 is 10.2 Å². The first kappa shape index (κ1) is 21.5. The van der Waals surface area contributed by atoms with E-state index in [4.69, 9.17) is 10.2 Å². The molecule has 2 N–H and O–H groups in total. The van der Waals surface area contributed by atoms with Crippen LogP contribution in [0.1, 0.15) is 42.6 Å². The highest BCUT2D eigenvalue weighted by atomic mass is 32.2. The van der Waals surface area contributed by atoms with Crippen molar-refractivity contribution in [3.63, 3.8) is 0 Å². The third kappa shape index (κ3) is 7.90. The van der Waals surface area contributed by atoms with Crippen molar-refractivity contribution in [3.8, 4) is 0 Å². The van der Waals surface area contributed by atoms with Gasteiger partial charge in [0, 0.05) is 18.0 Å². The average molecular weight is 381 g/mol. The number of thioether (sulfide) groups is 2. The van der Waals surface area contributed by atoms with Crippen LogP contribution in [-0.4, -0.2) is 37.7 Å². The molecule has 0 aliphatic heterocycles. The number of aliphatic hydroxyl groups excluding tert-OH is 1. The average Bonchev–Trinajstić information content (AvgIpc) is 2.65. The number of aromatic nitrogens is 2. The number of nitrogens with zero attached hydrogens (tertiary/aromatic N) is 2. The molecule has 0 unspecified atom stereocenters. The van der Waals surface area contributed by atoms with Crippen LogP contribution in [0, 0.1) is 0 Å². The third-order valence-corrected chi connectivity index (χ3v) is 5.37. The molecule has 2 rings (SSSR count). The van der Waals surface area contributed by atoms with Gasteiger partial charge in [0.05, 0.1) is 12.2 Å². The van der Waals surface area contributed by atoms with E-state index in [2.05, 4.69) is 23.8 Å². The minimum atomic E-state index is -0.910. The Morgan fingerprint density at radius 1 is 1.00 bits per heavy atom. The van der Waals surface area contributed by atoms with E-state index in [1.807, 2.05) is 12.1 Å². The predicted octanol–water partition coefficient (Wildman–Crippen LogP) is 4.36. The maximum absolute atomic E-state index is 10.7. The summed E-state index contributed by atoms with van der Waals surface area (Å²) in [6.07, 6.45) is 5.52. The van der Waals surface area contributed by atoms with Crippen LogP contribution < -0.4 is 0 Å². The molecule has 25 heavy (non-hydrogen) atoms. The fraction of sp³-hybridized carbons (Fsp3) is 0.389. The van der Waals surface area contributed by atoms with Gasteiger partial charge in [0.25, 0.3) is 0 Å². The Kier molecular flexibility index (Phi) is 10.9. The highest BCUT2D eigenvalue weighted by Crippen LogP contribution is 2.21. The summed E-state index contributed by atoms with van der Waals surface area (Å²) in [6, 6.07) is 6.97.